The molecule has 0 saturated carbocycles. The molecule has 6 aromatic rings. The number of benzene rings is 4. The largest absolute Gasteiger partial charge is 0.497 e. The molecule has 0 amide bonds. The molecule has 266 valence electrons. The maximum absolute atomic E-state index is 7.11. The highest BCUT2D eigenvalue weighted by Crippen LogP contribution is 2.49. The molecule has 0 atom stereocenters. The predicted molar refractivity (Wildman–Crippen MR) is 222 cm³/mol. The minimum absolute atomic E-state index is 0.665. The number of fused-ring (bicyclic) bond motifs is 2. The van der Waals surface area contributed by atoms with Crippen LogP contribution in [0.4, 0.5) is 5.69 Å². The fraction of sp³-hybridized carbons (Fsp3) is 0.326. The summed E-state index contributed by atoms with van der Waals surface area (Å²) in [4.78, 5) is 6.27. The summed E-state index contributed by atoms with van der Waals surface area (Å²) in [7, 11) is 1.74. The molecule has 1 aliphatic rings. The van der Waals surface area contributed by atoms with Crippen molar-refractivity contribution >= 4 is 59.7 Å². The Bertz CT molecular complexity index is 2220. The molecular formula is C46H47NO3S2. The van der Waals surface area contributed by atoms with E-state index in [0.29, 0.717) is 5.69 Å². The van der Waals surface area contributed by atoms with Crippen molar-refractivity contribution in [3.8, 4) is 28.4 Å². The number of aryl methyl sites for hydroxylation is 2. The van der Waals surface area contributed by atoms with Crippen LogP contribution < -0.4 is 14.2 Å². The van der Waals surface area contributed by atoms with Crippen molar-refractivity contribution < 1.29 is 14.2 Å². The highest BCUT2D eigenvalue weighted by molar-refractivity contribution is 7.19. The first kappa shape index (κ1) is 35.8. The van der Waals surface area contributed by atoms with Gasteiger partial charge in [-0.05, 0) is 128 Å². The zero-order chi connectivity index (χ0) is 35.9. The molecule has 2 heterocycles. The van der Waals surface area contributed by atoms with Crippen LogP contribution in [0.1, 0.15) is 85.1 Å². The van der Waals surface area contributed by atoms with E-state index in [1.165, 1.54) is 90.7 Å². The number of allylic oxidation sites excluding steroid dienone is 2. The molecule has 0 radical (unpaired) electrons. The molecule has 2 aromatic heterocycles. The van der Waals surface area contributed by atoms with E-state index in [-0.39, 0.29) is 0 Å². The van der Waals surface area contributed by atoms with Crippen molar-refractivity contribution in [3.05, 3.63) is 117 Å². The summed E-state index contributed by atoms with van der Waals surface area (Å²) in [5.74, 6) is 2.82. The molecule has 0 unspecified atom stereocenters. The second kappa shape index (κ2) is 16.8. The summed E-state index contributed by atoms with van der Waals surface area (Å²) in [5, 5.41) is 2.73. The van der Waals surface area contributed by atoms with E-state index >= 15 is 0 Å². The first-order chi connectivity index (χ1) is 25.5. The van der Waals surface area contributed by atoms with E-state index in [9.17, 15) is 0 Å². The fourth-order valence-corrected chi connectivity index (χ4v) is 9.84. The van der Waals surface area contributed by atoms with Gasteiger partial charge in [-0.3, -0.25) is 0 Å². The minimum Gasteiger partial charge on any atom is -0.497 e. The number of thiophene rings is 2. The van der Waals surface area contributed by atoms with Crippen LogP contribution in [0.25, 0.3) is 47.3 Å². The van der Waals surface area contributed by atoms with Crippen LogP contribution in [-0.4, -0.2) is 20.3 Å². The lowest BCUT2D eigenvalue weighted by molar-refractivity contribution is 0.300. The van der Waals surface area contributed by atoms with E-state index in [1.54, 1.807) is 7.11 Å². The number of hydrogen-bond donors (Lipinski definition) is 0. The van der Waals surface area contributed by atoms with Crippen LogP contribution in [0.2, 0.25) is 0 Å². The maximum atomic E-state index is 7.11. The average Bonchev–Trinajstić information content (AvgIpc) is 3.86. The molecule has 6 heteroatoms. The van der Waals surface area contributed by atoms with Crippen molar-refractivity contribution in [2.24, 2.45) is 0 Å². The lowest BCUT2D eigenvalue weighted by Crippen LogP contribution is -1.98. The second-order valence-electron chi connectivity index (χ2n) is 13.8. The first-order valence-electron chi connectivity index (χ1n) is 18.7. The quantitative estimate of drug-likeness (QED) is 0.0735. The Labute approximate surface area is 316 Å². The molecule has 1 aliphatic carbocycles. The van der Waals surface area contributed by atoms with Gasteiger partial charge in [0.1, 0.15) is 17.2 Å². The third-order valence-electron chi connectivity index (χ3n) is 10.2. The van der Waals surface area contributed by atoms with Gasteiger partial charge in [0.05, 0.1) is 26.9 Å². The fourth-order valence-electron chi connectivity index (χ4n) is 7.60. The standard InChI is InChI=1S/C46H47NO3S2/c1-31-45(41-25-23-37(48-4)29-43(41)51-31)39-13-12-14-40(39)46-32(2)52-44-30-38(24-26-42(44)46)50-28-11-9-7-5-6-8-10-27-49-36-21-17-34(18-22-36)33-15-19-35(47-3)20-16-33/h15-26,29-30H,5-14,27-28H2,1-2,4H3. The van der Waals surface area contributed by atoms with Gasteiger partial charge in [0, 0.05) is 29.9 Å². The Morgan fingerprint density at radius 1 is 0.577 bits per heavy atom. The van der Waals surface area contributed by atoms with E-state index in [4.69, 9.17) is 20.8 Å². The van der Waals surface area contributed by atoms with Crippen LogP contribution >= 0.6 is 22.7 Å². The zero-order valence-electron chi connectivity index (χ0n) is 30.6. The molecule has 0 N–H and O–H groups in total. The summed E-state index contributed by atoms with van der Waals surface area (Å²) in [6.45, 7) is 13.2. The summed E-state index contributed by atoms with van der Waals surface area (Å²) in [6.07, 6.45) is 11.8. The zero-order valence-corrected chi connectivity index (χ0v) is 32.2. The topological polar surface area (TPSA) is 32.0 Å². The van der Waals surface area contributed by atoms with Gasteiger partial charge in [-0.25, -0.2) is 4.85 Å². The monoisotopic (exact) mass is 725 g/mol. The highest BCUT2D eigenvalue weighted by Gasteiger charge is 2.25. The Balaban J connectivity index is 0.836. The van der Waals surface area contributed by atoms with Gasteiger partial charge in [0.2, 0.25) is 0 Å². The van der Waals surface area contributed by atoms with Crippen molar-refractivity contribution in [3.63, 3.8) is 0 Å². The van der Waals surface area contributed by atoms with Gasteiger partial charge in [-0.2, -0.15) is 0 Å². The first-order valence-corrected chi connectivity index (χ1v) is 20.3. The molecule has 4 nitrogen and oxygen atoms in total. The number of hydrogen-bond acceptors (Lipinski definition) is 5. The summed E-state index contributed by atoms with van der Waals surface area (Å²) in [6, 6.07) is 29.2. The van der Waals surface area contributed by atoms with Gasteiger partial charge < -0.3 is 14.2 Å². The van der Waals surface area contributed by atoms with E-state index < -0.39 is 0 Å². The lowest BCUT2D eigenvalue weighted by Gasteiger charge is -2.11. The third kappa shape index (κ3) is 8.07. The van der Waals surface area contributed by atoms with Crippen molar-refractivity contribution in [2.45, 2.75) is 78.1 Å². The molecule has 0 spiro atoms. The molecule has 52 heavy (non-hydrogen) atoms. The highest BCUT2D eigenvalue weighted by atomic mass is 32.1. The SMILES string of the molecule is [C-]#[N+]c1ccc(-c2ccc(OCCCCCCCCCOc3ccc4c(C5=C(c6c(C)sc7cc(OC)ccc67)CCC5)c(C)sc4c3)cc2)cc1. The minimum atomic E-state index is 0.665. The van der Waals surface area contributed by atoms with Gasteiger partial charge >= 0.3 is 0 Å². The second-order valence-corrected chi connectivity index (χ2v) is 16.3. The lowest BCUT2D eigenvalue weighted by atomic mass is 9.93. The van der Waals surface area contributed by atoms with E-state index in [2.05, 4.69) is 67.2 Å². The molecular weight excluding hydrogens is 679 g/mol. The summed E-state index contributed by atoms with van der Waals surface area (Å²) < 4.78 is 20.4. The molecule has 0 aliphatic heterocycles. The summed E-state index contributed by atoms with van der Waals surface area (Å²) >= 11 is 3.79. The molecule has 0 fully saturated rings. The third-order valence-corrected chi connectivity index (χ3v) is 12.4. The van der Waals surface area contributed by atoms with E-state index in [0.717, 1.165) is 67.3 Å². The van der Waals surface area contributed by atoms with Gasteiger partial charge in [-0.1, -0.05) is 68.5 Å². The van der Waals surface area contributed by atoms with E-state index in [1.807, 2.05) is 59.1 Å². The maximum Gasteiger partial charge on any atom is 0.187 e. The predicted octanol–water partition coefficient (Wildman–Crippen LogP) is 14.2. The molecule has 7 rings (SSSR count). The smallest absolute Gasteiger partial charge is 0.187 e. The van der Waals surface area contributed by atoms with Gasteiger partial charge in [0.25, 0.3) is 0 Å². The van der Waals surface area contributed by atoms with Crippen LogP contribution in [-0.2, 0) is 0 Å². The Kier molecular flexibility index (Phi) is 11.6. The number of methoxy groups -OCH3 is 1. The van der Waals surface area contributed by atoms with Crippen molar-refractivity contribution in [2.75, 3.05) is 20.3 Å². The number of unbranched alkanes of at least 4 members (excludes halogenated alkanes) is 6. The van der Waals surface area contributed by atoms with Crippen LogP contribution in [0.15, 0.2) is 84.9 Å². The molecule has 0 saturated heterocycles. The molecule has 0 bridgehead atoms. The van der Waals surface area contributed by atoms with Crippen molar-refractivity contribution in [1.82, 2.24) is 0 Å². The Morgan fingerprint density at radius 2 is 1.04 bits per heavy atom. The van der Waals surface area contributed by atoms with Crippen LogP contribution in [0, 0.1) is 20.4 Å². The summed E-state index contributed by atoms with van der Waals surface area (Å²) in [5.41, 5.74) is 8.89. The van der Waals surface area contributed by atoms with Gasteiger partial charge in [-0.15, -0.1) is 22.7 Å². The van der Waals surface area contributed by atoms with Gasteiger partial charge in [0.15, 0.2) is 5.69 Å². The molecule has 4 aromatic carbocycles. The van der Waals surface area contributed by atoms with Crippen molar-refractivity contribution in [1.29, 1.82) is 0 Å². The average molecular weight is 726 g/mol. The normalized spacial score (nSPS) is 12.9. The number of ether oxygens (including phenoxy) is 3. The Hall–Kier alpha value is -4.57. The Morgan fingerprint density at radius 3 is 1.58 bits per heavy atom. The van der Waals surface area contributed by atoms with Crippen LogP contribution in [0.5, 0.6) is 17.2 Å². The number of nitrogens with zero attached hydrogens (tertiary/aromatic N) is 1. The number of rotatable bonds is 16. The van der Waals surface area contributed by atoms with Crippen LogP contribution in [0.3, 0.4) is 0 Å².